The maximum absolute atomic E-state index is 12.4. The summed E-state index contributed by atoms with van der Waals surface area (Å²) >= 11 is 0. The summed E-state index contributed by atoms with van der Waals surface area (Å²) in [6, 6.07) is 13.4. The second-order valence-corrected chi connectivity index (χ2v) is 5.23. The smallest absolute Gasteiger partial charge is 0.308 e. The van der Waals surface area contributed by atoms with Gasteiger partial charge in [-0.15, -0.1) is 0 Å². The molecule has 0 spiro atoms. The van der Waals surface area contributed by atoms with Crippen molar-refractivity contribution in [1.29, 1.82) is 0 Å². The van der Waals surface area contributed by atoms with Gasteiger partial charge in [0.1, 0.15) is 5.69 Å². The van der Waals surface area contributed by atoms with E-state index in [1.807, 2.05) is 36.4 Å². The number of aliphatic carboxylic acids is 1. The van der Waals surface area contributed by atoms with Gasteiger partial charge in [-0.2, -0.15) is 0 Å². The molecule has 1 atom stereocenters. The highest BCUT2D eigenvalue weighted by molar-refractivity contribution is 5.94. The molecule has 5 heteroatoms. The van der Waals surface area contributed by atoms with Gasteiger partial charge in [-0.3, -0.25) is 9.59 Å². The maximum Gasteiger partial charge on any atom is 0.308 e. The number of likely N-dealkylation sites (tertiary alicyclic amines) is 1. The summed E-state index contributed by atoms with van der Waals surface area (Å²) in [7, 11) is 0. The van der Waals surface area contributed by atoms with Crippen molar-refractivity contribution in [2.45, 2.75) is 6.42 Å². The SMILES string of the molecule is O=C(O)[C@@H]1CCN(C(=O)c2ccc(-c3ccccc3)[nH]2)C1. The molecule has 2 heterocycles. The number of carboxylic acids is 1. The zero-order valence-corrected chi connectivity index (χ0v) is 11.5. The molecule has 5 nitrogen and oxygen atoms in total. The Balaban J connectivity index is 1.75. The van der Waals surface area contributed by atoms with Crippen LogP contribution in [0.2, 0.25) is 0 Å². The van der Waals surface area contributed by atoms with Crippen molar-refractivity contribution in [3.63, 3.8) is 0 Å². The van der Waals surface area contributed by atoms with E-state index < -0.39 is 11.9 Å². The zero-order chi connectivity index (χ0) is 14.8. The van der Waals surface area contributed by atoms with E-state index in [2.05, 4.69) is 4.98 Å². The third-order valence-electron chi connectivity index (χ3n) is 3.83. The number of aromatic amines is 1. The Bertz CT molecular complexity index is 663. The predicted molar refractivity (Wildman–Crippen MR) is 77.9 cm³/mol. The average molecular weight is 284 g/mol. The Kier molecular flexibility index (Phi) is 3.48. The molecule has 1 aromatic carbocycles. The summed E-state index contributed by atoms with van der Waals surface area (Å²) in [5, 5.41) is 8.99. The van der Waals surface area contributed by atoms with E-state index >= 15 is 0 Å². The van der Waals surface area contributed by atoms with Gasteiger partial charge >= 0.3 is 5.97 Å². The highest BCUT2D eigenvalue weighted by atomic mass is 16.4. The molecule has 1 amide bonds. The van der Waals surface area contributed by atoms with Crippen LogP contribution in [0.3, 0.4) is 0 Å². The normalized spacial score (nSPS) is 17.9. The summed E-state index contributed by atoms with van der Waals surface area (Å²) in [6.45, 7) is 0.781. The van der Waals surface area contributed by atoms with Gasteiger partial charge in [0.2, 0.25) is 0 Å². The van der Waals surface area contributed by atoms with Crippen LogP contribution in [-0.2, 0) is 4.79 Å². The molecule has 2 aromatic rings. The molecule has 0 bridgehead atoms. The third-order valence-corrected chi connectivity index (χ3v) is 3.83. The summed E-state index contributed by atoms with van der Waals surface area (Å²) < 4.78 is 0. The van der Waals surface area contributed by atoms with Crippen LogP contribution in [0.5, 0.6) is 0 Å². The number of carboxylic acid groups (broad SMARTS) is 1. The Morgan fingerprint density at radius 3 is 2.57 bits per heavy atom. The minimum absolute atomic E-state index is 0.138. The van der Waals surface area contributed by atoms with Crippen LogP contribution in [0, 0.1) is 5.92 Å². The second kappa shape index (κ2) is 5.44. The maximum atomic E-state index is 12.4. The van der Waals surface area contributed by atoms with Gasteiger partial charge in [0.25, 0.3) is 5.91 Å². The van der Waals surface area contributed by atoms with Crippen molar-refractivity contribution >= 4 is 11.9 Å². The number of nitrogens with one attached hydrogen (secondary N) is 1. The summed E-state index contributed by atoms with van der Waals surface area (Å²) in [5.41, 5.74) is 2.40. The van der Waals surface area contributed by atoms with Gasteiger partial charge in [-0.25, -0.2) is 0 Å². The molecule has 1 saturated heterocycles. The van der Waals surface area contributed by atoms with Crippen molar-refractivity contribution in [1.82, 2.24) is 9.88 Å². The summed E-state index contributed by atoms with van der Waals surface area (Å²) in [5.74, 6) is -1.42. The Labute approximate surface area is 122 Å². The molecule has 1 fully saturated rings. The average Bonchev–Trinajstić information content (AvgIpc) is 3.17. The van der Waals surface area contributed by atoms with Crippen LogP contribution in [-0.4, -0.2) is 40.0 Å². The van der Waals surface area contributed by atoms with Crippen molar-refractivity contribution < 1.29 is 14.7 Å². The number of carbonyl (C=O) groups is 2. The lowest BCUT2D eigenvalue weighted by Crippen LogP contribution is -2.30. The number of benzene rings is 1. The Morgan fingerprint density at radius 2 is 1.90 bits per heavy atom. The molecule has 21 heavy (non-hydrogen) atoms. The van der Waals surface area contributed by atoms with Gasteiger partial charge in [0.15, 0.2) is 0 Å². The molecule has 1 aromatic heterocycles. The van der Waals surface area contributed by atoms with Crippen LogP contribution in [0.15, 0.2) is 42.5 Å². The molecule has 1 aliphatic rings. The van der Waals surface area contributed by atoms with Crippen LogP contribution in [0.1, 0.15) is 16.9 Å². The van der Waals surface area contributed by atoms with E-state index in [0.717, 1.165) is 11.3 Å². The quantitative estimate of drug-likeness (QED) is 0.907. The monoisotopic (exact) mass is 284 g/mol. The van der Waals surface area contributed by atoms with Crippen molar-refractivity contribution in [2.75, 3.05) is 13.1 Å². The molecule has 108 valence electrons. The molecule has 1 aliphatic heterocycles. The Hall–Kier alpha value is -2.56. The molecular weight excluding hydrogens is 268 g/mol. The first-order valence-corrected chi connectivity index (χ1v) is 6.91. The number of carbonyl (C=O) groups excluding carboxylic acids is 1. The summed E-state index contributed by atoms with van der Waals surface area (Å²) in [4.78, 5) is 28.0. The van der Waals surface area contributed by atoms with E-state index in [1.165, 1.54) is 0 Å². The van der Waals surface area contributed by atoms with Crippen LogP contribution >= 0.6 is 0 Å². The number of nitrogens with zero attached hydrogens (tertiary/aromatic N) is 1. The predicted octanol–water partition coefficient (Wildman–Crippen LogP) is 2.23. The number of aromatic nitrogens is 1. The minimum Gasteiger partial charge on any atom is -0.481 e. The van der Waals surface area contributed by atoms with E-state index in [1.54, 1.807) is 11.0 Å². The fourth-order valence-corrected chi connectivity index (χ4v) is 2.62. The zero-order valence-electron chi connectivity index (χ0n) is 11.5. The highest BCUT2D eigenvalue weighted by Gasteiger charge is 2.31. The second-order valence-electron chi connectivity index (χ2n) is 5.23. The molecule has 0 unspecified atom stereocenters. The largest absolute Gasteiger partial charge is 0.481 e. The van der Waals surface area contributed by atoms with Gasteiger partial charge in [0.05, 0.1) is 5.92 Å². The number of rotatable bonds is 3. The van der Waals surface area contributed by atoms with E-state index in [4.69, 9.17) is 5.11 Å². The number of hydrogen-bond acceptors (Lipinski definition) is 2. The summed E-state index contributed by atoms with van der Waals surface area (Å²) in [6.07, 6.45) is 0.521. The molecule has 0 saturated carbocycles. The van der Waals surface area contributed by atoms with Crippen molar-refractivity contribution in [3.8, 4) is 11.3 Å². The van der Waals surface area contributed by atoms with Crippen LogP contribution in [0.4, 0.5) is 0 Å². The fourth-order valence-electron chi connectivity index (χ4n) is 2.62. The lowest BCUT2D eigenvalue weighted by Gasteiger charge is -2.14. The minimum atomic E-state index is -0.832. The Morgan fingerprint density at radius 1 is 1.14 bits per heavy atom. The molecule has 0 radical (unpaired) electrons. The van der Waals surface area contributed by atoms with E-state index in [-0.39, 0.29) is 12.5 Å². The van der Waals surface area contributed by atoms with Gasteiger partial charge in [-0.1, -0.05) is 30.3 Å². The number of hydrogen-bond donors (Lipinski definition) is 2. The molecular formula is C16H16N2O3. The van der Waals surface area contributed by atoms with E-state index in [0.29, 0.717) is 18.7 Å². The molecule has 0 aliphatic carbocycles. The van der Waals surface area contributed by atoms with Gasteiger partial charge in [0, 0.05) is 18.8 Å². The topological polar surface area (TPSA) is 73.4 Å². The molecule has 2 N–H and O–H groups in total. The highest BCUT2D eigenvalue weighted by Crippen LogP contribution is 2.21. The van der Waals surface area contributed by atoms with Crippen LogP contribution in [0.25, 0.3) is 11.3 Å². The number of H-pyrrole nitrogens is 1. The third kappa shape index (κ3) is 2.67. The lowest BCUT2D eigenvalue weighted by atomic mass is 10.1. The van der Waals surface area contributed by atoms with Gasteiger partial charge in [-0.05, 0) is 24.1 Å². The standard InChI is InChI=1S/C16H16N2O3/c19-15(18-9-8-12(10-18)16(20)21)14-7-6-13(17-14)11-4-2-1-3-5-11/h1-7,12,17H,8-10H2,(H,20,21)/t12-/m1/s1. The number of amides is 1. The fraction of sp³-hybridized carbons (Fsp3) is 0.250. The van der Waals surface area contributed by atoms with Crippen molar-refractivity contribution in [3.05, 3.63) is 48.2 Å². The first-order valence-electron chi connectivity index (χ1n) is 6.91. The van der Waals surface area contributed by atoms with E-state index in [9.17, 15) is 9.59 Å². The first-order chi connectivity index (χ1) is 10.1. The lowest BCUT2D eigenvalue weighted by molar-refractivity contribution is -0.141. The molecule has 3 rings (SSSR count). The van der Waals surface area contributed by atoms with Crippen molar-refractivity contribution in [2.24, 2.45) is 5.92 Å². The van der Waals surface area contributed by atoms with Gasteiger partial charge < -0.3 is 15.0 Å². The van der Waals surface area contributed by atoms with Crippen LogP contribution < -0.4 is 0 Å². The first kappa shape index (κ1) is 13.4.